The minimum absolute atomic E-state index is 0.0160. The van der Waals surface area contributed by atoms with Crippen molar-refractivity contribution in [3.05, 3.63) is 71.4 Å². The van der Waals surface area contributed by atoms with Gasteiger partial charge in [0.1, 0.15) is 0 Å². The van der Waals surface area contributed by atoms with Gasteiger partial charge in [0.15, 0.2) is 0 Å². The van der Waals surface area contributed by atoms with Gasteiger partial charge in [-0.1, -0.05) is 42.0 Å². The smallest absolute Gasteiger partial charge is 0.220 e. The van der Waals surface area contributed by atoms with Gasteiger partial charge >= 0.3 is 0 Å². The van der Waals surface area contributed by atoms with Gasteiger partial charge in [0.2, 0.25) is 5.91 Å². The Balaban J connectivity index is 1.46. The Morgan fingerprint density at radius 3 is 2.80 bits per heavy atom. The van der Waals surface area contributed by atoms with Crippen LogP contribution >= 0.6 is 0 Å². The zero-order chi connectivity index (χ0) is 17.6. The Bertz CT molecular complexity index is 839. The number of nitrogens with one attached hydrogen (secondary N) is 2. The summed E-state index contributed by atoms with van der Waals surface area (Å²) < 4.78 is 0. The van der Waals surface area contributed by atoms with Crippen molar-refractivity contribution in [1.29, 1.82) is 0 Å². The number of hydrogen-bond donors (Lipinski definition) is 3. The molecule has 0 bridgehead atoms. The monoisotopic (exact) mass is 336 g/mol. The summed E-state index contributed by atoms with van der Waals surface area (Å²) >= 11 is 0. The first-order valence-electron chi connectivity index (χ1n) is 8.70. The van der Waals surface area contributed by atoms with E-state index in [4.69, 9.17) is 0 Å². The zero-order valence-corrected chi connectivity index (χ0v) is 14.5. The predicted molar refractivity (Wildman–Crippen MR) is 100 cm³/mol. The molecule has 1 amide bonds. The Hall–Kier alpha value is -2.59. The van der Waals surface area contributed by atoms with Crippen LogP contribution in [0.3, 0.4) is 0 Å². The lowest BCUT2D eigenvalue weighted by Crippen LogP contribution is -2.25. The molecular formula is C21H24N2O2. The summed E-state index contributed by atoms with van der Waals surface area (Å²) in [5.41, 5.74) is 4.36. The molecule has 0 saturated carbocycles. The standard InChI is InChI=1S/C21H24N2O2/c1-15-7-9-19-18(13-15)17(14-23-19)8-10-21(25)22-12-11-20(24)16-5-3-2-4-6-16/h2-7,9,13-14,20,23-24H,8,10-12H2,1H3,(H,22,25). The lowest BCUT2D eigenvalue weighted by molar-refractivity contribution is -0.121. The third-order valence-electron chi connectivity index (χ3n) is 4.47. The molecule has 1 aromatic heterocycles. The van der Waals surface area contributed by atoms with Gasteiger partial charge in [-0.3, -0.25) is 4.79 Å². The topological polar surface area (TPSA) is 65.1 Å². The van der Waals surface area contributed by atoms with Gasteiger partial charge < -0.3 is 15.4 Å². The molecule has 3 aromatic rings. The highest BCUT2D eigenvalue weighted by atomic mass is 16.3. The fourth-order valence-electron chi connectivity index (χ4n) is 3.03. The Labute approximate surface area is 147 Å². The molecule has 25 heavy (non-hydrogen) atoms. The molecule has 3 rings (SSSR count). The second-order valence-corrected chi connectivity index (χ2v) is 6.43. The number of aromatic nitrogens is 1. The average molecular weight is 336 g/mol. The van der Waals surface area contributed by atoms with E-state index in [-0.39, 0.29) is 5.91 Å². The Morgan fingerprint density at radius 2 is 2.00 bits per heavy atom. The van der Waals surface area contributed by atoms with E-state index in [0.29, 0.717) is 25.8 Å². The summed E-state index contributed by atoms with van der Waals surface area (Å²) in [6.07, 6.45) is 3.11. The van der Waals surface area contributed by atoms with E-state index in [2.05, 4.69) is 35.4 Å². The predicted octanol–water partition coefficient (Wildman–Crippen LogP) is 3.65. The van der Waals surface area contributed by atoms with Crippen molar-refractivity contribution in [3.8, 4) is 0 Å². The van der Waals surface area contributed by atoms with Crippen molar-refractivity contribution in [2.75, 3.05) is 6.54 Å². The van der Waals surface area contributed by atoms with Crippen LogP contribution in [-0.4, -0.2) is 22.5 Å². The van der Waals surface area contributed by atoms with Gasteiger partial charge in [-0.2, -0.15) is 0 Å². The van der Waals surface area contributed by atoms with Crippen LogP contribution in [0.1, 0.15) is 35.6 Å². The number of H-pyrrole nitrogens is 1. The SMILES string of the molecule is Cc1ccc2[nH]cc(CCC(=O)NCCC(O)c3ccccc3)c2c1. The molecule has 0 spiro atoms. The summed E-state index contributed by atoms with van der Waals surface area (Å²) in [5, 5.41) is 14.2. The first-order valence-corrected chi connectivity index (χ1v) is 8.70. The fraction of sp³-hybridized carbons (Fsp3) is 0.286. The number of benzene rings is 2. The van der Waals surface area contributed by atoms with Crippen LogP contribution in [0.15, 0.2) is 54.7 Å². The maximum absolute atomic E-state index is 12.1. The van der Waals surface area contributed by atoms with Crippen LogP contribution in [0.2, 0.25) is 0 Å². The number of hydrogen-bond acceptors (Lipinski definition) is 2. The molecule has 4 nitrogen and oxygen atoms in total. The number of aromatic amines is 1. The molecule has 0 aliphatic heterocycles. The number of rotatable bonds is 7. The zero-order valence-electron chi connectivity index (χ0n) is 14.5. The van der Waals surface area contributed by atoms with Crippen LogP contribution in [-0.2, 0) is 11.2 Å². The number of amides is 1. The van der Waals surface area contributed by atoms with E-state index in [1.165, 1.54) is 10.9 Å². The normalized spacial score (nSPS) is 12.2. The van der Waals surface area contributed by atoms with Gasteiger partial charge in [0.05, 0.1) is 6.10 Å². The molecule has 2 aromatic carbocycles. The molecular weight excluding hydrogens is 312 g/mol. The van der Waals surface area contributed by atoms with Crippen LogP contribution in [0.4, 0.5) is 0 Å². The highest BCUT2D eigenvalue weighted by molar-refractivity contribution is 5.84. The highest BCUT2D eigenvalue weighted by Gasteiger charge is 2.09. The summed E-state index contributed by atoms with van der Waals surface area (Å²) in [7, 11) is 0. The second-order valence-electron chi connectivity index (χ2n) is 6.43. The summed E-state index contributed by atoms with van der Waals surface area (Å²) in [4.78, 5) is 15.3. The molecule has 4 heteroatoms. The van der Waals surface area contributed by atoms with Crippen molar-refractivity contribution in [3.63, 3.8) is 0 Å². The number of aliphatic hydroxyl groups is 1. The van der Waals surface area contributed by atoms with Gasteiger partial charge in [-0.05, 0) is 43.0 Å². The van der Waals surface area contributed by atoms with Crippen LogP contribution in [0, 0.1) is 6.92 Å². The van der Waals surface area contributed by atoms with Crippen molar-refractivity contribution < 1.29 is 9.90 Å². The van der Waals surface area contributed by atoms with Crippen molar-refractivity contribution in [2.24, 2.45) is 0 Å². The number of carbonyl (C=O) groups is 1. The van der Waals surface area contributed by atoms with Crippen molar-refractivity contribution in [1.82, 2.24) is 10.3 Å². The highest BCUT2D eigenvalue weighted by Crippen LogP contribution is 2.21. The first-order chi connectivity index (χ1) is 12.1. The lowest BCUT2D eigenvalue weighted by atomic mass is 10.1. The van der Waals surface area contributed by atoms with Gasteiger partial charge in [-0.25, -0.2) is 0 Å². The van der Waals surface area contributed by atoms with E-state index < -0.39 is 6.10 Å². The molecule has 0 saturated heterocycles. The molecule has 1 unspecified atom stereocenters. The third kappa shape index (κ3) is 4.48. The molecule has 0 radical (unpaired) electrons. The molecule has 130 valence electrons. The average Bonchev–Trinajstić information content (AvgIpc) is 3.02. The number of carbonyl (C=O) groups excluding carboxylic acids is 1. The third-order valence-corrected chi connectivity index (χ3v) is 4.47. The second kappa shape index (κ2) is 7.99. The van der Waals surface area contributed by atoms with E-state index in [9.17, 15) is 9.90 Å². The number of aryl methyl sites for hydroxylation is 2. The minimum atomic E-state index is -0.543. The molecule has 0 aliphatic carbocycles. The van der Waals surface area contributed by atoms with Gasteiger partial charge in [0.25, 0.3) is 0 Å². The van der Waals surface area contributed by atoms with Crippen molar-refractivity contribution in [2.45, 2.75) is 32.3 Å². The lowest BCUT2D eigenvalue weighted by Gasteiger charge is -2.11. The summed E-state index contributed by atoms with van der Waals surface area (Å²) in [6.45, 7) is 2.54. The number of fused-ring (bicyclic) bond motifs is 1. The fourth-order valence-corrected chi connectivity index (χ4v) is 3.03. The largest absolute Gasteiger partial charge is 0.388 e. The first kappa shape index (κ1) is 17.2. The van der Waals surface area contributed by atoms with E-state index in [1.807, 2.05) is 36.5 Å². The molecule has 1 atom stereocenters. The van der Waals surface area contributed by atoms with Crippen molar-refractivity contribution >= 4 is 16.8 Å². The molecule has 3 N–H and O–H groups in total. The number of aliphatic hydroxyl groups excluding tert-OH is 1. The molecule has 1 heterocycles. The summed E-state index contributed by atoms with van der Waals surface area (Å²) in [5.74, 6) is 0.0160. The van der Waals surface area contributed by atoms with E-state index in [1.54, 1.807) is 0 Å². The Kier molecular flexibility index (Phi) is 5.51. The molecule has 0 aliphatic rings. The minimum Gasteiger partial charge on any atom is -0.388 e. The quantitative estimate of drug-likeness (QED) is 0.616. The van der Waals surface area contributed by atoms with Crippen LogP contribution in [0.5, 0.6) is 0 Å². The van der Waals surface area contributed by atoms with Gasteiger partial charge in [-0.15, -0.1) is 0 Å². The maximum atomic E-state index is 12.1. The Morgan fingerprint density at radius 1 is 1.20 bits per heavy atom. The maximum Gasteiger partial charge on any atom is 0.220 e. The van der Waals surface area contributed by atoms with E-state index >= 15 is 0 Å². The van der Waals surface area contributed by atoms with Gasteiger partial charge in [0, 0.05) is 30.1 Å². The van der Waals surface area contributed by atoms with Crippen LogP contribution in [0.25, 0.3) is 10.9 Å². The summed E-state index contributed by atoms with van der Waals surface area (Å²) in [6, 6.07) is 15.8. The van der Waals surface area contributed by atoms with Crippen LogP contribution < -0.4 is 5.32 Å². The molecule has 0 fully saturated rings. The van der Waals surface area contributed by atoms with E-state index in [0.717, 1.165) is 16.6 Å².